The van der Waals surface area contributed by atoms with Crippen LogP contribution < -0.4 is 4.90 Å². The standard InChI is InChI=1S/C15H17N5O2/c1-10(21)19(11(2)22)14-8-13(12-6-4-3-5-7-12)18-15-16-9-17-20(14)15/h3-11,21-22H,1-2H3. The summed E-state index contributed by atoms with van der Waals surface area (Å²) in [5.41, 5.74) is 1.62. The Morgan fingerprint density at radius 3 is 2.41 bits per heavy atom. The molecular weight excluding hydrogens is 282 g/mol. The summed E-state index contributed by atoms with van der Waals surface area (Å²) in [6.45, 7) is 3.16. The van der Waals surface area contributed by atoms with Crippen molar-refractivity contribution >= 4 is 11.6 Å². The molecule has 3 rings (SSSR count). The van der Waals surface area contributed by atoms with E-state index in [0.29, 0.717) is 17.3 Å². The van der Waals surface area contributed by atoms with Crippen molar-refractivity contribution in [1.82, 2.24) is 19.6 Å². The van der Waals surface area contributed by atoms with Crippen LogP contribution in [0.1, 0.15) is 13.8 Å². The fraction of sp³-hybridized carbons (Fsp3) is 0.267. The lowest BCUT2D eigenvalue weighted by Gasteiger charge is -2.30. The first-order valence-corrected chi connectivity index (χ1v) is 6.98. The van der Waals surface area contributed by atoms with Crippen molar-refractivity contribution < 1.29 is 10.2 Å². The van der Waals surface area contributed by atoms with Crippen LogP contribution >= 0.6 is 0 Å². The number of nitrogens with zero attached hydrogens (tertiary/aromatic N) is 5. The maximum absolute atomic E-state index is 9.98. The lowest BCUT2D eigenvalue weighted by molar-refractivity contribution is 0.103. The number of rotatable bonds is 4. The molecule has 3 aromatic rings. The normalized spacial score (nSPS) is 14.0. The summed E-state index contributed by atoms with van der Waals surface area (Å²) in [5, 5.41) is 24.1. The average molecular weight is 299 g/mol. The molecule has 0 aliphatic rings. The molecule has 22 heavy (non-hydrogen) atoms. The Bertz CT molecular complexity index is 762. The van der Waals surface area contributed by atoms with Crippen LogP contribution in [0.5, 0.6) is 0 Å². The quantitative estimate of drug-likeness (QED) is 0.706. The van der Waals surface area contributed by atoms with Crippen LogP contribution in [0.2, 0.25) is 0 Å². The Morgan fingerprint density at radius 1 is 1.09 bits per heavy atom. The van der Waals surface area contributed by atoms with E-state index in [1.165, 1.54) is 15.7 Å². The molecule has 2 unspecified atom stereocenters. The number of hydrogen-bond donors (Lipinski definition) is 2. The van der Waals surface area contributed by atoms with Gasteiger partial charge in [0.2, 0.25) is 0 Å². The van der Waals surface area contributed by atoms with Gasteiger partial charge in [-0.1, -0.05) is 30.3 Å². The number of aromatic nitrogens is 4. The number of aliphatic hydroxyl groups excluding tert-OH is 2. The second-order valence-corrected chi connectivity index (χ2v) is 5.01. The molecule has 0 bridgehead atoms. The van der Waals surface area contributed by atoms with Gasteiger partial charge in [0, 0.05) is 11.6 Å². The number of hydrogen-bond acceptors (Lipinski definition) is 6. The molecule has 0 radical (unpaired) electrons. The molecule has 114 valence electrons. The van der Waals surface area contributed by atoms with Gasteiger partial charge < -0.3 is 15.1 Å². The molecule has 7 heteroatoms. The van der Waals surface area contributed by atoms with Gasteiger partial charge >= 0.3 is 0 Å². The first-order chi connectivity index (χ1) is 10.6. The molecule has 0 amide bonds. The smallest absolute Gasteiger partial charge is 0.254 e. The van der Waals surface area contributed by atoms with Crippen LogP contribution in [0.15, 0.2) is 42.7 Å². The van der Waals surface area contributed by atoms with Gasteiger partial charge in [-0.3, -0.25) is 0 Å². The van der Waals surface area contributed by atoms with E-state index in [-0.39, 0.29) is 0 Å². The van der Waals surface area contributed by atoms with Crippen LogP contribution in [0.3, 0.4) is 0 Å². The molecule has 0 fully saturated rings. The Hall–Kier alpha value is -2.51. The lowest BCUT2D eigenvalue weighted by Crippen LogP contribution is -2.41. The topological polar surface area (TPSA) is 86.8 Å². The largest absolute Gasteiger partial charge is 0.374 e. The van der Waals surface area contributed by atoms with E-state index in [9.17, 15) is 10.2 Å². The Kier molecular flexibility index (Phi) is 3.74. The predicted octanol–water partition coefficient (Wildman–Crippen LogP) is 1.27. The zero-order valence-electron chi connectivity index (χ0n) is 12.3. The van der Waals surface area contributed by atoms with E-state index in [1.807, 2.05) is 30.3 Å². The van der Waals surface area contributed by atoms with Gasteiger partial charge in [-0.2, -0.15) is 14.6 Å². The second-order valence-electron chi connectivity index (χ2n) is 5.01. The number of aliphatic hydroxyl groups is 2. The minimum absolute atomic E-state index is 0.405. The highest BCUT2D eigenvalue weighted by molar-refractivity contribution is 5.65. The van der Waals surface area contributed by atoms with E-state index in [1.54, 1.807) is 19.9 Å². The number of benzene rings is 1. The molecular formula is C15H17N5O2. The molecule has 2 atom stereocenters. The summed E-state index contributed by atoms with van der Waals surface area (Å²) >= 11 is 0. The van der Waals surface area contributed by atoms with E-state index < -0.39 is 12.5 Å². The highest BCUT2D eigenvalue weighted by Gasteiger charge is 2.22. The SMILES string of the molecule is CC(O)N(c1cc(-c2ccccc2)nc2ncnn12)C(C)O. The molecule has 0 saturated heterocycles. The summed E-state index contributed by atoms with van der Waals surface area (Å²) in [7, 11) is 0. The highest BCUT2D eigenvalue weighted by atomic mass is 16.3. The van der Waals surface area contributed by atoms with Crippen LogP contribution in [0.4, 0.5) is 5.82 Å². The van der Waals surface area contributed by atoms with Gasteiger partial charge in [0.05, 0.1) is 5.69 Å². The summed E-state index contributed by atoms with van der Waals surface area (Å²) in [5.74, 6) is 0.925. The van der Waals surface area contributed by atoms with E-state index in [0.717, 1.165) is 5.56 Å². The zero-order valence-corrected chi connectivity index (χ0v) is 12.3. The number of fused-ring (bicyclic) bond motifs is 1. The van der Waals surface area contributed by atoms with Crippen molar-refractivity contribution in [2.75, 3.05) is 4.90 Å². The van der Waals surface area contributed by atoms with Gasteiger partial charge in [-0.25, -0.2) is 4.98 Å². The molecule has 1 aromatic carbocycles. The van der Waals surface area contributed by atoms with Gasteiger partial charge in [-0.05, 0) is 13.8 Å². The third kappa shape index (κ3) is 2.51. The molecule has 2 heterocycles. The van der Waals surface area contributed by atoms with E-state index in [2.05, 4.69) is 15.1 Å². The minimum Gasteiger partial charge on any atom is -0.374 e. The summed E-state index contributed by atoms with van der Waals surface area (Å²) in [4.78, 5) is 10.0. The third-order valence-corrected chi connectivity index (χ3v) is 3.37. The van der Waals surface area contributed by atoms with Gasteiger partial charge in [0.15, 0.2) is 0 Å². The van der Waals surface area contributed by atoms with Crippen molar-refractivity contribution in [1.29, 1.82) is 0 Å². The molecule has 0 aliphatic carbocycles. The van der Waals surface area contributed by atoms with Crippen LogP contribution in [0, 0.1) is 0 Å². The molecule has 0 aliphatic heterocycles. The maximum atomic E-state index is 9.98. The van der Waals surface area contributed by atoms with Gasteiger partial charge in [0.1, 0.15) is 24.6 Å². The van der Waals surface area contributed by atoms with Crippen LogP contribution in [-0.4, -0.2) is 42.3 Å². The van der Waals surface area contributed by atoms with Crippen LogP contribution in [-0.2, 0) is 0 Å². The van der Waals surface area contributed by atoms with Gasteiger partial charge in [-0.15, -0.1) is 0 Å². The lowest BCUT2D eigenvalue weighted by atomic mass is 10.1. The Balaban J connectivity index is 2.22. The fourth-order valence-corrected chi connectivity index (χ4v) is 2.43. The highest BCUT2D eigenvalue weighted by Crippen LogP contribution is 2.25. The monoisotopic (exact) mass is 299 g/mol. The zero-order chi connectivity index (χ0) is 15.7. The van der Waals surface area contributed by atoms with Crippen molar-refractivity contribution in [2.45, 2.75) is 26.3 Å². The van der Waals surface area contributed by atoms with Crippen molar-refractivity contribution in [3.63, 3.8) is 0 Å². The summed E-state index contributed by atoms with van der Waals surface area (Å²) in [6.07, 6.45) is -0.389. The van der Waals surface area contributed by atoms with Crippen molar-refractivity contribution in [3.05, 3.63) is 42.7 Å². The molecule has 2 aromatic heterocycles. The fourth-order valence-electron chi connectivity index (χ4n) is 2.43. The minimum atomic E-state index is -0.890. The first-order valence-electron chi connectivity index (χ1n) is 6.98. The molecule has 0 spiro atoms. The van der Waals surface area contributed by atoms with Crippen LogP contribution in [0.25, 0.3) is 17.0 Å². The van der Waals surface area contributed by atoms with E-state index >= 15 is 0 Å². The first kappa shape index (κ1) is 14.4. The Labute approximate surface area is 127 Å². The molecule has 0 saturated carbocycles. The van der Waals surface area contributed by atoms with Crippen molar-refractivity contribution in [2.24, 2.45) is 0 Å². The number of anilines is 1. The van der Waals surface area contributed by atoms with Crippen molar-refractivity contribution in [3.8, 4) is 11.3 Å². The second kappa shape index (κ2) is 5.70. The average Bonchev–Trinajstić information content (AvgIpc) is 2.96. The molecule has 7 nitrogen and oxygen atoms in total. The van der Waals surface area contributed by atoms with E-state index in [4.69, 9.17) is 0 Å². The molecule has 2 N–H and O–H groups in total. The maximum Gasteiger partial charge on any atom is 0.254 e. The van der Waals surface area contributed by atoms with Gasteiger partial charge in [0.25, 0.3) is 5.78 Å². The predicted molar refractivity (Wildman–Crippen MR) is 82.1 cm³/mol. The Morgan fingerprint density at radius 2 is 1.77 bits per heavy atom. The summed E-state index contributed by atoms with van der Waals surface area (Å²) in [6, 6.07) is 11.4. The summed E-state index contributed by atoms with van der Waals surface area (Å²) < 4.78 is 1.49. The third-order valence-electron chi connectivity index (χ3n) is 3.37.